The SMILES string of the molecule is COc1ccc(Cl)cc1C(=O)N1CCC(C(=O)N(C(C)C)C2CCCC2)CC1. The molecule has 154 valence electrons. The van der Waals surface area contributed by atoms with Crippen LogP contribution in [0, 0.1) is 5.92 Å². The molecule has 0 atom stereocenters. The van der Waals surface area contributed by atoms with E-state index in [9.17, 15) is 9.59 Å². The van der Waals surface area contributed by atoms with Crippen LogP contribution in [0.25, 0.3) is 0 Å². The molecule has 1 aliphatic heterocycles. The molecule has 1 aliphatic carbocycles. The first-order chi connectivity index (χ1) is 13.4. The topological polar surface area (TPSA) is 49.9 Å². The molecule has 0 unspecified atom stereocenters. The second kappa shape index (κ2) is 9.17. The standard InChI is InChI=1S/C22H31ClN2O3/c1-15(2)25(18-6-4-5-7-18)21(26)16-10-12-24(13-11-16)22(27)19-14-17(23)8-9-20(19)28-3/h8-9,14-16,18H,4-7,10-13H2,1-3H3. The van der Waals surface area contributed by atoms with Crippen LogP contribution in [0.1, 0.15) is 62.7 Å². The Hall–Kier alpha value is -1.75. The highest BCUT2D eigenvalue weighted by Crippen LogP contribution is 2.30. The molecule has 2 aliphatic rings. The Kier molecular flexibility index (Phi) is 6.86. The smallest absolute Gasteiger partial charge is 0.257 e. The fourth-order valence-corrected chi connectivity index (χ4v) is 4.77. The second-order valence-corrected chi connectivity index (χ2v) is 8.63. The predicted molar refractivity (Wildman–Crippen MR) is 111 cm³/mol. The molecule has 6 heteroatoms. The first kappa shape index (κ1) is 21.0. The number of rotatable bonds is 5. The van der Waals surface area contributed by atoms with Crippen molar-refractivity contribution in [1.29, 1.82) is 0 Å². The number of hydrogen-bond acceptors (Lipinski definition) is 3. The molecule has 0 bridgehead atoms. The largest absolute Gasteiger partial charge is 0.496 e. The van der Waals surface area contributed by atoms with Gasteiger partial charge in [-0.1, -0.05) is 24.4 Å². The van der Waals surface area contributed by atoms with E-state index in [-0.39, 0.29) is 23.8 Å². The van der Waals surface area contributed by atoms with Crippen molar-refractivity contribution in [3.8, 4) is 5.75 Å². The van der Waals surface area contributed by atoms with Crippen LogP contribution in [0.5, 0.6) is 5.75 Å². The van der Waals surface area contributed by atoms with E-state index in [4.69, 9.17) is 16.3 Å². The first-order valence-electron chi connectivity index (χ1n) is 10.4. The number of piperidine rings is 1. The zero-order valence-corrected chi connectivity index (χ0v) is 17.9. The molecule has 1 saturated carbocycles. The van der Waals surface area contributed by atoms with Crippen molar-refractivity contribution in [1.82, 2.24) is 9.80 Å². The summed E-state index contributed by atoms with van der Waals surface area (Å²) in [6.07, 6.45) is 6.10. The molecule has 5 nitrogen and oxygen atoms in total. The molecule has 0 aromatic heterocycles. The minimum Gasteiger partial charge on any atom is -0.496 e. The zero-order chi connectivity index (χ0) is 20.3. The quantitative estimate of drug-likeness (QED) is 0.729. The van der Waals surface area contributed by atoms with Crippen molar-refractivity contribution >= 4 is 23.4 Å². The molecule has 0 N–H and O–H groups in total. The van der Waals surface area contributed by atoms with Gasteiger partial charge in [-0.15, -0.1) is 0 Å². The van der Waals surface area contributed by atoms with E-state index in [1.807, 2.05) is 4.90 Å². The van der Waals surface area contributed by atoms with Crippen LogP contribution in [0.3, 0.4) is 0 Å². The number of carbonyl (C=O) groups excluding carboxylic acids is 2. The van der Waals surface area contributed by atoms with Gasteiger partial charge >= 0.3 is 0 Å². The molecule has 1 saturated heterocycles. The number of hydrogen-bond donors (Lipinski definition) is 0. The van der Waals surface area contributed by atoms with Crippen molar-refractivity contribution in [3.05, 3.63) is 28.8 Å². The van der Waals surface area contributed by atoms with E-state index >= 15 is 0 Å². The van der Waals surface area contributed by atoms with Crippen LogP contribution in [0.4, 0.5) is 0 Å². The Labute approximate surface area is 173 Å². The number of methoxy groups -OCH3 is 1. The third-order valence-electron chi connectivity index (χ3n) is 6.05. The van der Waals surface area contributed by atoms with Gasteiger partial charge in [0.1, 0.15) is 5.75 Å². The van der Waals surface area contributed by atoms with Gasteiger partial charge in [-0.05, 0) is 57.7 Å². The summed E-state index contributed by atoms with van der Waals surface area (Å²) in [7, 11) is 1.55. The van der Waals surface area contributed by atoms with E-state index in [1.165, 1.54) is 12.8 Å². The van der Waals surface area contributed by atoms with Gasteiger partial charge in [0.15, 0.2) is 0 Å². The molecule has 1 heterocycles. The molecule has 2 amide bonds. The number of halogens is 1. The van der Waals surface area contributed by atoms with Gasteiger partial charge in [-0.3, -0.25) is 9.59 Å². The minimum absolute atomic E-state index is 0.00769. The summed E-state index contributed by atoms with van der Waals surface area (Å²) in [6, 6.07) is 5.70. The number of nitrogens with zero attached hydrogens (tertiary/aromatic N) is 2. The lowest BCUT2D eigenvalue weighted by atomic mass is 9.93. The molecular weight excluding hydrogens is 376 g/mol. The van der Waals surface area contributed by atoms with Gasteiger partial charge in [-0.2, -0.15) is 0 Å². The van der Waals surface area contributed by atoms with Crippen LogP contribution < -0.4 is 4.74 Å². The number of benzene rings is 1. The highest BCUT2D eigenvalue weighted by Gasteiger charge is 2.35. The third-order valence-corrected chi connectivity index (χ3v) is 6.29. The second-order valence-electron chi connectivity index (χ2n) is 8.19. The van der Waals surface area contributed by atoms with Crippen molar-refractivity contribution < 1.29 is 14.3 Å². The van der Waals surface area contributed by atoms with Crippen molar-refractivity contribution in [2.75, 3.05) is 20.2 Å². The summed E-state index contributed by atoms with van der Waals surface area (Å²) in [6.45, 7) is 5.39. The third kappa shape index (κ3) is 4.45. The van der Waals surface area contributed by atoms with E-state index in [2.05, 4.69) is 18.7 Å². The Morgan fingerprint density at radius 3 is 2.36 bits per heavy atom. The zero-order valence-electron chi connectivity index (χ0n) is 17.1. The highest BCUT2D eigenvalue weighted by atomic mass is 35.5. The molecule has 0 radical (unpaired) electrons. The summed E-state index contributed by atoms with van der Waals surface area (Å²) in [5.74, 6) is 0.726. The number of amides is 2. The molecule has 1 aromatic carbocycles. The summed E-state index contributed by atoms with van der Waals surface area (Å²) in [5.41, 5.74) is 0.481. The van der Waals surface area contributed by atoms with Crippen LogP contribution in [-0.4, -0.2) is 53.9 Å². The first-order valence-corrected chi connectivity index (χ1v) is 10.7. The van der Waals surface area contributed by atoms with Gasteiger partial charge in [0.2, 0.25) is 5.91 Å². The molecule has 3 rings (SSSR count). The molecule has 28 heavy (non-hydrogen) atoms. The predicted octanol–water partition coefficient (Wildman–Crippen LogP) is 4.38. The van der Waals surface area contributed by atoms with E-state index in [0.717, 1.165) is 12.8 Å². The fraction of sp³-hybridized carbons (Fsp3) is 0.636. The number of carbonyl (C=O) groups is 2. The van der Waals surface area contributed by atoms with E-state index in [0.29, 0.717) is 48.3 Å². The van der Waals surface area contributed by atoms with Crippen LogP contribution in [0.2, 0.25) is 5.02 Å². The Morgan fingerprint density at radius 1 is 1.14 bits per heavy atom. The number of ether oxygens (including phenoxy) is 1. The Balaban J connectivity index is 1.64. The van der Waals surface area contributed by atoms with Gasteiger partial charge in [0.25, 0.3) is 5.91 Å². The Morgan fingerprint density at radius 2 is 1.79 bits per heavy atom. The average Bonchev–Trinajstić information content (AvgIpc) is 3.21. The normalized spacial score (nSPS) is 18.5. The lowest BCUT2D eigenvalue weighted by molar-refractivity contribution is -0.141. The summed E-state index contributed by atoms with van der Waals surface area (Å²) >= 11 is 6.07. The van der Waals surface area contributed by atoms with Crippen LogP contribution in [0.15, 0.2) is 18.2 Å². The van der Waals surface area contributed by atoms with Gasteiger partial charge in [0.05, 0.1) is 12.7 Å². The maximum Gasteiger partial charge on any atom is 0.257 e. The van der Waals surface area contributed by atoms with Gasteiger partial charge < -0.3 is 14.5 Å². The summed E-state index contributed by atoms with van der Waals surface area (Å²) in [4.78, 5) is 30.1. The minimum atomic E-state index is -0.0817. The molecule has 1 aromatic rings. The van der Waals surface area contributed by atoms with Crippen LogP contribution >= 0.6 is 11.6 Å². The van der Waals surface area contributed by atoms with Gasteiger partial charge in [0, 0.05) is 36.1 Å². The van der Waals surface area contributed by atoms with E-state index < -0.39 is 0 Å². The van der Waals surface area contributed by atoms with Crippen molar-refractivity contribution in [2.45, 2.75) is 64.5 Å². The van der Waals surface area contributed by atoms with Crippen LogP contribution in [-0.2, 0) is 4.79 Å². The fourth-order valence-electron chi connectivity index (χ4n) is 4.60. The molecular formula is C22H31ClN2O3. The van der Waals surface area contributed by atoms with E-state index in [1.54, 1.807) is 25.3 Å². The lowest BCUT2D eigenvalue weighted by Crippen LogP contribution is -2.49. The maximum atomic E-state index is 13.2. The molecule has 2 fully saturated rings. The lowest BCUT2D eigenvalue weighted by Gasteiger charge is -2.38. The maximum absolute atomic E-state index is 13.2. The highest BCUT2D eigenvalue weighted by molar-refractivity contribution is 6.31. The summed E-state index contributed by atoms with van der Waals surface area (Å²) in [5, 5.41) is 0.512. The van der Waals surface area contributed by atoms with Crippen molar-refractivity contribution in [2.24, 2.45) is 5.92 Å². The number of likely N-dealkylation sites (tertiary alicyclic amines) is 1. The van der Waals surface area contributed by atoms with Crippen molar-refractivity contribution in [3.63, 3.8) is 0 Å². The monoisotopic (exact) mass is 406 g/mol. The van der Waals surface area contributed by atoms with Gasteiger partial charge in [-0.25, -0.2) is 0 Å². The Bertz CT molecular complexity index is 708. The molecule has 0 spiro atoms. The summed E-state index contributed by atoms with van der Waals surface area (Å²) < 4.78 is 5.32. The average molecular weight is 407 g/mol.